The summed E-state index contributed by atoms with van der Waals surface area (Å²) in [5, 5.41) is 0. The third-order valence-electron chi connectivity index (χ3n) is 4.68. The molecule has 2 unspecified atom stereocenters. The minimum absolute atomic E-state index is 0.00762. The van der Waals surface area contributed by atoms with Gasteiger partial charge < -0.3 is 20.1 Å². The minimum atomic E-state index is -0.463. The second-order valence-corrected chi connectivity index (χ2v) is 7.71. The summed E-state index contributed by atoms with van der Waals surface area (Å²) in [6.45, 7) is 12.4. The molecule has 2 N–H and O–H groups in total. The van der Waals surface area contributed by atoms with Gasteiger partial charge in [0, 0.05) is 18.5 Å². The standard InChI is InChI=1S/C15H28N2O3/c1-13(2,3)20-12(18)17-6-7-19-11(8-17)15(10-16)9-14(15,4)5/h11H,6-10,16H2,1-5H3. The maximum atomic E-state index is 12.2. The van der Waals surface area contributed by atoms with Crippen LogP contribution in [0, 0.1) is 10.8 Å². The molecule has 1 aliphatic heterocycles. The van der Waals surface area contributed by atoms with Crippen molar-refractivity contribution in [3.05, 3.63) is 0 Å². The molecule has 1 heterocycles. The molecule has 0 aromatic rings. The van der Waals surface area contributed by atoms with E-state index in [2.05, 4.69) is 13.8 Å². The number of carbonyl (C=O) groups excluding carboxylic acids is 1. The summed E-state index contributed by atoms with van der Waals surface area (Å²) in [4.78, 5) is 13.9. The van der Waals surface area contributed by atoms with E-state index in [1.54, 1.807) is 4.90 Å². The Morgan fingerprint density at radius 1 is 1.45 bits per heavy atom. The van der Waals surface area contributed by atoms with Crippen LogP contribution in [0.4, 0.5) is 4.79 Å². The molecule has 116 valence electrons. The molecular formula is C15H28N2O3. The Bertz CT molecular complexity index is 389. The first kappa shape index (κ1) is 15.6. The fraction of sp³-hybridized carbons (Fsp3) is 0.933. The van der Waals surface area contributed by atoms with E-state index in [1.807, 2.05) is 20.8 Å². The molecule has 0 spiro atoms. The Balaban J connectivity index is 2.01. The van der Waals surface area contributed by atoms with Crippen LogP contribution >= 0.6 is 0 Å². The number of nitrogens with zero attached hydrogens (tertiary/aromatic N) is 1. The molecular weight excluding hydrogens is 256 g/mol. The highest BCUT2D eigenvalue weighted by molar-refractivity contribution is 5.68. The van der Waals surface area contributed by atoms with Gasteiger partial charge in [-0.05, 0) is 32.6 Å². The van der Waals surface area contributed by atoms with Crippen LogP contribution in [-0.2, 0) is 9.47 Å². The summed E-state index contributed by atoms with van der Waals surface area (Å²) < 4.78 is 11.4. The van der Waals surface area contributed by atoms with Gasteiger partial charge in [-0.15, -0.1) is 0 Å². The van der Waals surface area contributed by atoms with Crippen LogP contribution in [0.3, 0.4) is 0 Å². The highest BCUT2D eigenvalue weighted by Gasteiger charge is 2.65. The number of morpholine rings is 1. The van der Waals surface area contributed by atoms with Gasteiger partial charge in [0.2, 0.25) is 0 Å². The lowest BCUT2D eigenvalue weighted by Crippen LogP contribution is -2.52. The van der Waals surface area contributed by atoms with Crippen LogP contribution in [0.1, 0.15) is 41.0 Å². The summed E-state index contributed by atoms with van der Waals surface area (Å²) in [5.41, 5.74) is 5.73. The summed E-state index contributed by atoms with van der Waals surface area (Å²) in [7, 11) is 0. The zero-order valence-electron chi connectivity index (χ0n) is 13.4. The van der Waals surface area contributed by atoms with Crippen LogP contribution in [0.15, 0.2) is 0 Å². The van der Waals surface area contributed by atoms with Crippen molar-refractivity contribution in [2.75, 3.05) is 26.2 Å². The van der Waals surface area contributed by atoms with Crippen molar-refractivity contribution in [2.24, 2.45) is 16.6 Å². The van der Waals surface area contributed by atoms with Crippen molar-refractivity contribution in [1.29, 1.82) is 0 Å². The molecule has 5 heteroatoms. The number of ether oxygens (including phenoxy) is 2. The number of hydrogen-bond acceptors (Lipinski definition) is 4. The van der Waals surface area contributed by atoms with E-state index in [0.29, 0.717) is 26.2 Å². The van der Waals surface area contributed by atoms with E-state index in [-0.39, 0.29) is 23.0 Å². The fourth-order valence-electron chi connectivity index (χ4n) is 3.25. The van der Waals surface area contributed by atoms with Crippen LogP contribution in [0.5, 0.6) is 0 Å². The summed E-state index contributed by atoms with van der Waals surface area (Å²) >= 11 is 0. The number of carbonyl (C=O) groups is 1. The minimum Gasteiger partial charge on any atom is -0.444 e. The fourth-order valence-corrected chi connectivity index (χ4v) is 3.25. The molecule has 1 aliphatic carbocycles. The van der Waals surface area contributed by atoms with Gasteiger partial charge in [0.1, 0.15) is 5.60 Å². The van der Waals surface area contributed by atoms with Gasteiger partial charge in [0.05, 0.1) is 19.3 Å². The van der Waals surface area contributed by atoms with E-state index in [4.69, 9.17) is 15.2 Å². The Kier molecular flexibility index (Phi) is 3.80. The Hall–Kier alpha value is -0.810. The second-order valence-electron chi connectivity index (χ2n) is 7.71. The van der Waals surface area contributed by atoms with E-state index in [1.165, 1.54) is 0 Å². The highest BCUT2D eigenvalue weighted by Crippen LogP contribution is 2.65. The molecule has 20 heavy (non-hydrogen) atoms. The number of rotatable bonds is 2. The molecule has 0 radical (unpaired) electrons. The average Bonchev–Trinajstić information content (AvgIpc) is 2.91. The third kappa shape index (κ3) is 2.79. The predicted octanol–water partition coefficient (Wildman–Crippen LogP) is 2.00. The van der Waals surface area contributed by atoms with Gasteiger partial charge in [0.15, 0.2) is 0 Å². The van der Waals surface area contributed by atoms with E-state index < -0.39 is 5.60 Å². The number of amides is 1. The molecule has 2 aliphatic rings. The molecule has 0 aromatic carbocycles. The Morgan fingerprint density at radius 2 is 2.05 bits per heavy atom. The lowest BCUT2D eigenvalue weighted by atomic mass is 9.89. The van der Waals surface area contributed by atoms with Gasteiger partial charge in [-0.3, -0.25) is 0 Å². The van der Waals surface area contributed by atoms with Crippen molar-refractivity contribution in [3.8, 4) is 0 Å². The van der Waals surface area contributed by atoms with Gasteiger partial charge in [-0.2, -0.15) is 0 Å². The van der Waals surface area contributed by atoms with E-state index in [0.717, 1.165) is 6.42 Å². The van der Waals surface area contributed by atoms with Gasteiger partial charge >= 0.3 is 6.09 Å². The predicted molar refractivity (Wildman–Crippen MR) is 77.4 cm³/mol. The lowest BCUT2D eigenvalue weighted by Gasteiger charge is -2.39. The normalized spacial score (nSPS) is 32.9. The van der Waals surface area contributed by atoms with Crippen LogP contribution in [-0.4, -0.2) is 48.9 Å². The topological polar surface area (TPSA) is 64.8 Å². The van der Waals surface area contributed by atoms with Crippen molar-refractivity contribution in [1.82, 2.24) is 4.90 Å². The molecule has 1 saturated carbocycles. The van der Waals surface area contributed by atoms with Crippen molar-refractivity contribution >= 4 is 6.09 Å². The molecule has 2 atom stereocenters. The van der Waals surface area contributed by atoms with Crippen molar-refractivity contribution in [2.45, 2.75) is 52.7 Å². The Morgan fingerprint density at radius 3 is 2.50 bits per heavy atom. The molecule has 2 fully saturated rings. The van der Waals surface area contributed by atoms with E-state index in [9.17, 15) is 4.79 Å². The molecule has 0 bridgehead atoms. The molecule has 0 aromatic heterocycles. The van der Waals surface area contributed by atoms with E-state index >= 15 is 0 Å². The molecule has 2 rings (SSSR count). The lowest BCUT2D eigenvalue weighted by molar-refractivity contribution is -0.0754. The Labute approximate surface area is 121 Å². The van der Waals surface area contributed by atoms with Gasteiger partial charge in [0.25, 0.3) is 0 Å². The summed E-state index contributed by atoms with van der Waals surface area (Å²) in [5.74, 6) is 0. The number of nitrogens with two attached hydrogens (primary N) is 1. The van der Waals surface area contributed by atoms with Gasteiger partial charge in [-0.25, -0.2) is 4.79 Å². The van der Waals surface area contributed by atoms with Crippen molar-refractivity contribution in [3.63, 3.8) is 0 Å². The molecule has 5 nitrogen and oxygen atoms in total. The van der Waals surface area contributed by atoms with Crippen molar-refractivity contribution < 1.29 is 14.3 Å². The third-order valence-corrected chi connectivity index (χ3v) is 4.68. The second kappa shape index (κ2) is 4.88. The molecule has 1 amide bonds. The first-order valence-electron chi connectivity index (χ1n) is 7.41. The first-order valence-corrected chi connectivity index (χ1v) is 7.41. The zero-order chi connectivity index (χ0) is 15.2. The van der Waals surface area contributed by atoms with Crippen LogP contribution in [0.25, 0.3) is 0 Å². The zero-order valence-corrected chi connectivity index (χ0v) is 13.4. The highest BCUT2D eigenvalue weighted by atomic mass is 16.6. The summed E-state index contributed by atoms with van der Waals surface area (Å²) in [6, 6.07) is 0. The quantitative estimate of drug-likeness (QED) is 0.842. The van der Waals surface area contributed by atoms with Crippen LogP contribution in [0.2, 0.25) is 0 Å². The van der Waals surface area contributed by atoms with Crippen LogP contribution < -0.4 is 5.73 Å². The monoisotopic (exact) mass is 284 g/mol. The maximum absolute atomic E-state index is 12.2. The smallest absolute Gasteiger partial charge is 0.410 e. The average molecular weight is 284 g/mol. The maximum Gasteiger partial charge on any atom is 0.410 e. The largest absolute Gasteiger partial charge is 0.444 e. The van der Waals surface area contributed by atoms with Gasteiger partial charge in [-0.1, -0.05) is 13.8 Å². The number of hydrogen-bond donors (Lipinski definition) is 1. The summed E-state index contributed by atoms with van der Waals surface area (Å²) in [6.07, 6.45) is 0.823. The molecule has 1 saturated heterocycles. The SMILES string of the molecule is CC(C)(C)OC(=O)N1CCOC(C2(CN)CC2(C)C)C1. The first-order chi connectivity index (χ1) is 9.11.